The van der Waals surface area contributed by atoms with E-state index in [1.165, 1.54) is 19.3 Å². The first-order valence-electron chi connectivity index (χ1n) is 5.76. The highest BCUT2D eigenvalue weighted by Gasteiger charge is 2.53. The SMILES string of the molecule is Cn1cc(CC2(CN)CC3CC3C2)nn1. The molecule has 1 aromatic heterocycles. The van der Waals surface area contributed by atoms with Gasteiger partial charge in [0.25, 0.3) is 0 Å². The second kappa shape index (κ2) is 3.04. The van der Waals surface area contributed by atoms with Crippen LogP contribution in [-0.2, 0) is 13.5 Å². The standard InChI is InChI=1S/C11H18N4/c1-15-6-10(13-14-15)5-11(7-12)3-8-2-9(8)4-11/h6,8-9H,2-5,7,12H2,1H3. The van der Waals surface area contributed by atoms with Crippen molar-refractivity contribution in [1.82, 2.24) is 15.0 Å². The Hall–Kier alpha value is -0.900. The monoisotopic (exact) mass is 206 g/mol. The van der Waals surface area contributed by atoms with E-state index in [0.29, 0.717) is 5.41 Å². The molecule has 2 fully saturated rings. The summed E-state index contributed by atoms with van der Waals surface area (Å²) in [6.07, 6.45) is 7.10. The van der Waals surface area contributed by atoms with Crippen LogP contribution in [0.3, 0.4) is 0 Å². The summed E-state index contributed by atoms with van der Waals surface area (Å²) in [5.74, 6) is 1.95. The van der Waals surface area contributed by atoms with Crippen molar-refractivity contribution in [1.29, 1.82) is 0 Å². The normalized spacial score (nSPS) is 38.0. The fourth-order valence-electron chi connectivity index (χ4n) is 3.25. The number of hydrogen-bond acceptors (Lipinski definition) is 3. The van der Waals surface area contributed by atoms with Gasteiger partial charge in [-0.1, -0.05) is 5.21 Å². The van der Waals surface area contributed by atoms with Crippen molar-refractivity contribution in [2.75, 3.05) is 6.54 Å². The predicted molar refractivity (Wildman–Crippen MR) is 57.0 cm³/mol. The van der Waals surface area contributed by atoms with Gasteiger partial charge in [-0.05, 0) is 49.5 Å². The molecule has 2 unspecified atom stereocenters. The van der Waals surface area contributed by atoms with Crippen LogP contribution in [0.4, 0.5) is 0 Å². The van der Waals surface area contributed by atoms with Gasteiger partial charge < -0.3 is 5.73 Å². The maximum Gasteiger partial charge on any atom is 0.0833 e. The quantitative estimate of drug-likeness (QED) is 0.793. The summed E-state index contributed by atoms with van der Waals surface area (Å²) in [4.78, 5) is 0. The van der Waals surface area contributed by atoms with Crippen LogP contribution in [0.25, 0.3) is 0 Å². The Morgan fingerprint density at radius 3 is 2.80 bits per heavy atom. The molecule has 0 spiro atoms. The van der Waals surface area contributed by atoms with Gasteiger partial charge in [-0.3, -0.25) is 4.68 Å². The molecule has 15 heavy (non-hydrogen) atoms. The Morgan fingerprint density at radius 1 is 1.53 bits per heavy atom. The molecule has 0 aliphatic heterocycles. The van der Waals surface area contributed by atoms with Crippen LogP contribution >= 0.6 is 0 Å². The van der Waals surface area contributed by atoms with E-state index in [9.17, 15) is 0 Å². The summed E-state index contributed by atoms with van der Waals surface area (Å²) >= 11 is 0. The van der Waals surface area contributed by atoms with Gasteiger partial charge in [-0.25, -0.2) is 0 Å². The van der Waals surface area contributed by atoms with Crippen molar-refractivity contribution in [2.24, 2.45) is 30.0 Å². The van der Waals surface area contributed by atoms with Crippen molar-refractivity contribution in [3.63, 3.8) is 0 Å². The highest BCUT2D eigenvalue weighted by Crippen LogP contribution is 2.60. The van der Waals surface area contributed by atoms with Crippen LogP contribution in [0.1, 0.15) is 25.0 Å². The summed E-state index contributed by atoms with van der Waals surface area (Å²) in [6.45, 7) is 0.802. The number of rotatable bonds is 3. The maximum absolute atomic E-state index is 5.95. The smallest absolute Gasteiger partial charge is 0.0833 e. The van der Waals surface area contributed by atoms with E-state index >= 15 is 0 Å². The van der Waals surface area contributed by atoms with Gasteiger partial charge in [0.1, 0.15) is 0 Å². The predicted octanol–water partition coefficient (Wildman–Crippen LogP) is 0.733. The third-order valence-electron chi connectivity index (χ3n) is 4.10. The van der Waals surface area contributed by atoms with Crippen molar-refractivity contribution in [2.45, 2.75) is 25.7 Å². The maximum atomic E-state index is 5.95. The average molecular weight is 206 g/mol. The van der Waals surface area contributed by atoms with Crippen molar-refractivity contribution in [3.05, 3.63) is 11.9 Å². The second-order valence-electron chi connectivity index (χ2n) is 5.43. The van der Waals surface area contributed by atoms with Crippen LogP contribution in [0.5, 0.6) is 0 Å². The molecule has 2 aliphatic carbocycles. The lowest BCUT2D eigenvalue weighted by Gasteiger charge is -2.28. The van der Waals surface area contributed by atoms with Gasteiger partial charge in [0.15, 0.2) is 0 Å². The molecule has 82 valence electrons. The second-order valence-corrected chi connectivity index (χ2v) is 5.43. The zero-order chi connectivity index (χ0) is 10.5. The van der Waals surface area contributed by atoms with Gasteiger partial charge in [0, 0.05) is 13.2 Å². The van der Waals surface area contributed by atoms with Gasteiger partial charge >= 0.3 is 0 Å². The zero-order valence-corrected chi connectivity index (χ0v) is 9.19. The summed E-state index contributed by atoms with van der Waals surface area (Å²) in [5, 5.41) is 8.15. The molecule has 0 saturated heterocycles. The number of fused-ring (bicyclic) bond motifs is 1. The van der Waals surface area contributed by atoms with Crippen LogP contribution in [-0.4, -0.2) is 21.5 Å². The number of aromatic nitrogens is 3. The molecule has 1 aromatic rings. The Labute approximate surface area is 89.8 Å². The minimum absolute atomic E-state index is 0.337. The van der Waals surface area contributed by atoms with E-state index < -0.39 is 0 Å². The summed E-state index contributed by atoms with van der Waals surface area (Å²) in [6, 6.07) is 0. The van der Waals surface area contributed by atoms with E-state index in [1.54, 1.807) is 4.68 Å². The van der Waals surface area contributed by atoms with E-state index in [1.807, 2.05) is 13.2 Å². The highest BCUT2D eigenvalue weighted by molar-refractivity contribution is 5.09. The number of aryl methyl sites for hydroxylation is 1. The first kappa shape index (κ1) is 9.33. The average Bonchev–Trinajstić information content (AvgIpc) is 2.65. The molecule has 0 aromatic carbocycles. The molecule has 0 amide bonds. The topological polar surface area (TPSA) is 56.7 Å². The minimum atomic E-state index is 0.337. The fourth-order valence-corrected chi connectivity index (χ4v) is 3.25. The molecule has 0 radical (unpaired) electrons. The molecular formula is C11H18N4. The third kappa shape index (κ3) is 1.57. The van der Waals surface area contributed by atoms with Crippen LogP contribution in [0.15, 0.2) is 6.20 Å². The Morgan fingerprint density at radius 2 is 2.27 bits per heavy atom. The number of hydrogen-bond donors (Lipinski definition) is 1. The van der Waals surface area contributed by atoms with Crippen molar-refractivity contribution < 1.29 is 0 Å². The third-order valence-corrected chi connectivity index (χ3v) is 4.10. The minimum Gasteiger partial charge on any atom is -0.330 e. The first-order chi connectivity index (χ1) is 7.21. The zero-order valence-electron chi connectivity index (χ0n) is 9.19. The first-order valence-corrected chi connectivity index (χ1v) is 5.76. The lowest BCUT2D eigenvalue weighted by Crippen LogP contribution is -2.31. The molecular weight excluding hydrogens is 188 g/mol. The van der Waals surface area contributed by atoms with Gasteiger partial charge in [-0.2, -0.15) is 0 Å². The van der Waals surface area contributed by atoms with Crippen LogP contribution in [0.2, 0.25) is 0 Å². The fraction of sp³-hybridized carbons (Fsp3) is 0.818. The van der Waals surface area contributed by atoms with E-state index in [-0.39, 0.29) is 0 Å². The molecule has 2 N–H and O–H groups in total. The molecule has 0 bridgehead atoms. The van der Waals surface area contributed by atoms with Gasteiger partial charge in [0.2, 0.25) is 0 Å². The molecule has 2 aliphatic rings. The highest BCUT2D eigenvalue weighted by atomic mass is 15.4. The molecule has 2 saturated carbocycles. The summed E-state index contributed by atoms with van der Waals surface area (Å²) in [5.41, 5.74) is 7.39. The number of nitrogens with two attached hydrogens (primary N) is 1. The molecule has 2 atom stereocenters. The molecule has 4 heteroatoms. The largest absolute Gasteiger partial charge is 0.330 e. The summed E-state index contributed by atoms with van der Waals surface area (Å²) < 4.78 is 1.77. The Kier molecular flexibility index (Phi) is 1.89. The van der Waals surface area contributed by atoms with Crippen molar-refractivity contribution >= 4 is 0 Å². The van der Waals surface area contributed by atoms with E-state index in [4.69, 9.17) is 5.73 Å². The van der Waals surface area contributed by atoms with E-state index in [2.05, 4.69) is 10.3 Å². The van der Waals surface area contributed by atoms with Gasteiger partial charge in [0.05, 0.1) is 5.69 Å². The Balaban J connectivity index is 1.75. The molecule has 1 heterocycles. The number of nitrogens with zero attached hydrogens (tertiary/aromatic N) is 3. The molecule has 4 nitrogen and oxygen atoms in total. The van der Waals surface area contributed by atoms with Crippen molar-refractivity contribution in [3.8, 4) is 0 Å². The summed E-state index contributed by atoms with van der Waals surface area (Å²) in [7, 11) is 1.91. The molecule has 3 rings (SSSR count). The van der Waals surface area contributed by atoms with Crippen LogP contribution in [0, 0.1) is 17.3 Å². The van der Waals surface area contributed by atoms with Gasteiger partial charge in [-0.15, -0.1) is 5.10 Å². The Bertz CT molecular complexity index is 360. The lowest BCUT2D eigenvalue weighted by molar-refractivity contribution is 0.270. The van der Waals surface area contributed by atoms with E-state index in [0.717, 1.165) is 30.5 Å². The lowest BCUT2D eigenvalue weighted by atomic mass is 9.79. The van der Waals surface area contributed by atoms with Crippen LogP contribution < -0.4 is 5.73 Å².